The van der Waals surface area contributed by atoms with E-state index in [4.69, 9.17) is 9.97 Å². The van der Waals surface area contributed by atoms with Gasteiger partial charge in [0.15, 0.2) is 0 Å². The number of nitrogens with one attached hydrogen (secondary N) is 4. The fraction of sp³-hybridized carbons (Fsp3) is 0.571. The summed E-state index contributed by atoms with van der Waals surface area (Å²) in [5, 5.41) is 7.14. The molecule has 0 spiro atoms. The third-order valence-electron chi connectivity index (χ3n) is 9.58. The van der Waals surface area contributed by atoms with Gasteiger partial charge in [0.2, 0.25) is 0 Å². The maximum Gasteiger partial charge on any atom is 0.123 e. The summed E-state index contributed by atoms with van der Waals surface area (Å²) < 4.78 is 0. The van der Waals surface area contributed by atoms with Gasteiger partial charge in [-0.1, -0.05) is 18.2 Å². The monoisotopic (exact) mass is 456 g/mol. The lowest BCUT2D eigenvalue weighted by molar-refractivity contribution is 0.0989. The average Bonchev–Trinajstić information content (AvgIpc) is 3.72. The predicted molar refractivity (Wildman–Crippen MR) is 134 cm³/mol. The van der Waals surface area contributed by atoms with Gasteiger partial charge in [-0.3, -0.25) is 0 Å². The Hall–Kier alpha value is -2.44. The van der Waals surface area contributed by atoms with Gasteiger partial charge in [-0.25, -0.2) is 9.97 Å². The molecule has 178 valence electrons. The number of hydrogen-bond acceptors (Lipinski definition) is 4. The number of nitrogens with zero attached hydrogens (tertiary/aromatic N) is 2. The van der Waals surface area contributed by atoms with Crippen LogP contribution in [0.5, 0.6) is 0 Å². The van der Waals surface area contributed by atoms with Crippen molar-refractivity contribution in [2.75, 3.05) is 13.1 Å². The molecule has 3 aliphatic carbocycles. The Balaban J connectivity index is 1.10. The van der Waals surface area contributed by atoms with Crippen molar-refractivity contribution in [3.8, 4) is 11.3 Å². The van der Waals surface area contributed by atoms with E-state index >= 15 is 0 Å². The largest absolute Gasteiger partial charge is 0.344 e. The molecule has 2 unspecified atom stereocenters. The highest BCUT2D eigenvalue weighted by Gasteiger charge is 2.51. The Morgan fingerprint density at radius 1 is 0.735 bits per heavy atom. The third kappa shape index (κ3) is 3.37. The van der Waals surface area contributed by atoms with E-state index in [-0.39, 0.29) is 0 Å². The van der Waals surface area contributed by atoms with Crippen LogP contribution in [0.25, 0.3) is 11.3 Å². The first-order valence-corrected chi connectivity index (χ1v) is 13.4. The van der Waals surface area contributed by atoms with Crippen molar-refractivity contribution in [1.29, 1.82) is 0 Å². The van der Waals surface area contributed by atoms with Gasteiger partial charge in [0.05, 0.1) is 24.0 Å². The predicted octanol–water partition coefficient (Wildman–Crippen LogP) is 5.19. The number of hydrogen-bond donors (Lipinski definition) is 4. The van der Waals surface area contributed by atoms with Crippen LogP contribution in [0.2, 0.25) is 0 Å². The molecule has 1 aromatic carbocycles. The SMILES string of the molecule is c1cc(-c2cnc(C3CCCN3)[nH]2)cc(C23CCC(c4cnc(C5CCCN5)[nH]4)(CC2)CC3)c1. The van der Waals surface area contributed by atoms with Gasteiger partial charge in [-0.05, 0) is 99.9 Å². The Morgan fingerprint density at radius 2 is 1.38 bits per heavy atom. The van der Waals surface area contributed by atoms with Crippen LogP contribution in [0.4, 0.5) is 0 Å². The van der Waals surface area contributed by atoms with E-state index in [1.54, 1.807) is 0 Å². The molecule has 6 nitrogen and oxygen atoms in total. The van der Waals surface area contributed by atoms with Crippen molar-refractivity contribution in [3.63, 3.8) is 0 Å². The number of imidazole rings is 2. The molecule has 2 saturated heterocycles. The molecule has 4 N–H and O–H groups in total. The summed E-state index contributed by atoms with van der Waals surface area (Å²) in [5.41, 5.74) is 5.96. The van der Waals surface area contributed by atoms with E-state index in [1.807, 2.05) is 6.20 Å². The first kappa shape index (κ1) is 20.9. The highest BCUT2D eigenvalue weighted by molar-refractivity contribution is 5.60. The van der Waals surface area contributed by atoms with Crippen molar-refractivity contribution in [2.24, 2.45) is 0 Å². The van der Waals surface area contributed by atoms with Crippen LogP contribution < -0.4 is 10.6 Å². The molecule has 6 heteroatoms. The zero-order valence-corrected chi connectivity index (χ0v) is 20.0. The summed E-state index contributed by atoms with van der Waals surface area (Å²) in [6.45, 7) is 2.21. The molecule has 0 amide bonds. The highest BCUT2D eigenvalue weighted by atomic mass is 15.0. The quantitative estimate of drug-likeness (QED) is 0.426. The molecule has 34 heavy (non-hydrogen) atoms. The minimum Gasteiger partial charge on any atom is -0.344 e. The summed E-state index contributed by atoms with van der Waals surface area (Å²) in [7, 11) is 0. The lowest BCUT2D eigenvalue weighted by Gasteiger charge is -2.53. The van der Waals surface area contributed by atoms with Crippen LogP contribution in [0.1, 0.15) is 99.2 Å². The summed E-state index contributed by atoms with van der Waals surface area (Å²) in [5.74, 6) is 2.24. The smallest absolute Gasteiger partial charge is 0.123 e. The zero-order chi connectivity index (χ0) is 22.6. The topological polar surface area (TPSA) is 81.4 Å². The molecule has 2 aliphatic heterocycles. The molecule has 2 bridgehead atoms. The van der Waals surface area contributed by atoms with Crippen LogP contribution in [-0.4, -0.2) is 33.0 Å². The lowest BCUT2D eigenvalue weighted by Crippen LogP contribution is -2.46. The van der Waals surface area contributed by atoms with Gasteiger partial charge in [-0.15, -0.1) is 0 Å². The molecule has 5 aliphatic rings. The number of rotatable bonds is 5. The highest BCUT2D eigenvalue weighted by Crippen LogP contribution is 2.58. The fourth-order valence-electron chi connectivity index (χ4n) is 7.32. The van der Waals surface area contributed by atoms with Crippen molar-refractivity contribution in [3.05, 3.63) is 59.6 Å². The normalized spacial score (nSPS) is 33.1. The maximum atomic E-state index is 4.80. The van der Waals surface area contributed by atoms with Crippen LogP contribution in [0.3, 0.4) is 0 Å². The van der Waals surface area contributed by atoms with Crippen molar-refractivity contribution in [1.82, 2.24) is 30.6 Å². The average molecular weight is 457 g/mol. The van der Waals surface area contributed by atoms with Crippen molar-refractivity contribution < 1.29 is 0 Å². The van der Waals surface area contributed by atoms with Gasteiger partial charge in [0.25, 0.3) is 0 Å². The zero-order valence-electron chi connectivity index (χ0n) is 20.0. The Morgan fingerprint density at radius 3 is 2.06 bits per heavy atom. The standard InChI is InChI=1S/C28H36N6/c1-4-19(23-17-31-25(33-23)21-6-2-14-29-21)16-20(5-1)27-8-11-28(12-9-27,13-10-27)24-18-32-26(34-24)22-7-3-15-30-22/h1,4-5,16-18,21-22,29-30H,2-3,6-15H2,(H,31,33)(H,32,34). The van der Waals surface area contributed by atoms with E-state index in [2.05, 4.69) is 51.1 Å². The maximum absolute atomic E-state index is 4.80. The number of benzene rings is 1. The van der Waals surface area contributed by atoms with E-state index in [0.717, 1.165) is 30.4 Å². The second kappa shape index (κ2) is 8.06. The molecule has 5 fully saturated rings. The lowest BCUT2D eigenvalue weighted by atomic mass is 9.51. The van der Waals surface area contributed by atoms with Crippen molar-refractivity contribution in [2.45, 2.75) is 87.1 Å². The number of fused-ring (bicyclic) bond motifs is 3. The minimum atomic E-state index is 0.301. The van der Waals surface area contributed by atoms with Gasteiger partial charge < -0.3 is 20.6 Å². The van der Waals surface area contributed by atoms with Gasteiger partial charge >= 0.3 is 0 Å². The first-order valence-electron chi connectivity index (χ1n) is 13.4. The summed E-state index contributed by atoms with van der Waals surface area (Å²) in [4.78, 5) is 16.9. The van der Waals surface area contributed by atoms with E-state index in [0.29, 0.717) is 22.9 Å². The molecule has 3 saturated carbocycles. The molecule has 2 atom stereocenters. The number of aromatic amines is 2. The molecular formula is C28H36N6. The van der Waals surface area contributed by atoms with Gasteiger partial charge in [-0.2, -0.15) is 0 Å². The summed E-state index contributed by atoms with van der Waals surface area (Å²) in [6.07, 6.45) is 16.6. The second-order valence-electron chi connectivity index (χ2n) is 11.3. The van der Waals surface area contributed by atoms with E-state index < -0.39 is 0 Å². The number of aromatic nitrogens is 4. The summed E-state index contributed by atoms with van der Waals surface area (Å²) >= 11 is 0. The third-order valence-corrected chi connectivity index (χ3v) is 9.58. The number of H-pyrrole nitrogens is 2. The Kier molecular flexibility index (Phi) is 4.95. The van der Waals surface area contributed by atoms with E-state index in [9.17, 15) is 0 Å². The van der Waals surface area contributed by atoms with Crippen LogP contribution >= 0.6 is 0 Å². The van der Waals surface area contributed by atoms with Crippen molar-refractivity contribution >= 4 is 0 Å². The van der Waals surface area contributed by atoms with Gasteiger partial charge in [0.1, 0.15) is 11.6 Å². The van der Waals surface area contributed by atoms with E-state index in [1.165, 1.54) is 81.0 Å². The molecular weight excluding hydrogens is 420 g/mol. The fourth-order valence-corrected chi connectivity index (χ4v) is 7.32. The first-order chi connectivity index (χ1) is 16.7. The Bertz CT molecular complexity index is 1140. The Labute approximate surface area is 201 Å². The molecule has 0 radical (unpaired) electrons. The second-order valence-corrected chi connectivity index (χ2v) is 11.3. The molecule has 8 rings (SSSR count). The van der Waals surface area contributed by atoms with Crippen LogP contribution in [-0.2, 0) is 10.8 Å². The van der Waals surface area contributed by atoms with Crippen LogP contribution in [0.15, 0.2) is 36.7 Å². The molecule has 4 heterocycles. The van der Waals surface area contributed by atoms with Crippen LogP contribution in [0, 0.1) is 0 Å². The summed E-state index contributed by atoms with van der Waals surface area (Å²) in [6, 6.07) is 10.1. The van der Waals surface area contributed by atoms with Gasteiger partial charge in [0, 0.05) is 17.3 Å². The minimum absolute atomic E-state index is 0.301. The molecule has 3 aromatic rings. The molecule has 2 aromatic heterocycles.